The molecule has 2 rings (SSSR count). The van der Waals surface area contributed by atoms with E-state index in [9.17, 15) is 9.18 Å². The molecular formula is C16H15FO3. The molecule has 0 saturated carbocycles. The van der Waals surface area contributed by atoms with Crippen LogP contribution in [-0.4, -0.2) is 19.0 Å². The first-order chi connectivity index (χ1) is 9.70. The molecule has 0 radical (unpaired) electrons. The maximum atomic E-state index is 13.4. The molecule has 2 aromatic carbocycles. The van der Waals surface area contributed by atoms with Gasteiger partial charge in [-0.1, -0.05) is 18.2 Å². The molecule has 0 fully saturated rings. The molecule has 0 N–H and O–H groups in total. The van der Waals surface area contributed by atoms with Gasteiger partial charge < -0.3 is 9.47 Å². The zero-order valence-electron chi connectivity index (χ0n) is 11.1. The number of carbonyl (C=O) groups is 1. The third kappa shape index (κ3) is 3.57. The average Bonchev–Trinajstić information content (AvgIpc) is 2.46. The third-order valence-corrected chi connectivity index (χ3v) is 2.66. The smallest absolute Gasteiger partial charge is 0.203 e. The molecule has 0 aromatic heterocycles. The Morgan fingerprint density at radius 1 is 1.05 bits per heavy atom. The third-order valence-electron chi connectivity index (χ3n) is 2.66. The summed E-state index contributed by atoms with van der Waals surface area (Å²) in [5, 5.41) is 0. The molecule has 0 bridgehead atoms. The molecule has 104 valence electrons. The summed E-state index contributed by atoms with van der Waals surface area (Å²) in [6, 6.07) is 12.8. The van der Waals surface area contributed by atoms with Gasteiger partial charge in [-0.15, -0.1) is 0 Å². The first-order valence-corrected chi connectivity index (χ1v) is 6.34. The Morgan fingerprint density at radius 3 is 2.45 bits per heavy atom. The fourth-order valence-electron chi connectivity index (χ4n) is 1.73. The first kappa shape index (κ1) is 14.1. The monoisotopic (exact) mass is 274 g/mol. The number of ether oxygens (including phenoxy) is 2. The van der Waals surface area contributed by atoms with Gasteiger partial charge in [0, 0.05) is 6.07 Å². The standard InChI is InChI=1S/C16H15FO3/c1-2-19-12-6-5-7-13(10-12)20-11-16(18)14-8-3-4-9-15(14)17/h3-10H,2,11H2,1H3. The predicted molar refractivity (Wildman–Crippen MR) is 73.8 cm³/mol. The summed E-state index contributed by atoms with van der Waals surface area (Å²) in [5.41, 5.74) is 0.0356. The van der Waals surface area contributed by atoms with Crippen LogP contribution in [0.1, 0.15) is 17.3 Å². The Balaban J connectivity index is 2.00. The number of Topliss-reactive ketones (excluding diaryl/α,β-unsaturated/α-hetero) is 1. The number of benzene rings is 2. The fourth-order valence-corrected chi connectivity index (χ4v) is 1.73. The minimum Gasteiger partial charge on any atom is -0.494 e. The van der Waals surface area contributed by atoms with E-state index in [2.05, 4.69) is 0 Å². The van der Waals surface area contributed by atoms with Crippen molar-refractivity contribution in [3.63, 3.8) is 0 Å². The topological polar surface area (TPSA) is 35.5 Å². The van der Waals surface area contributed by atoms with Crippen LogP contribution in [0.5, 0.6) is 11.5 Å². The highest BCUT2D eigenvalue weighted by atomic mass is 19.1. The number of hydrogen-bond acceptors (Lipinski definition) is 3. The largest absolute Gasteiger partial charge is 0.494 e. The Hall–Kier alpha value is -2.36. The molecule has 0 atom stereocenters. The molecule has 0 amide bonds. The lowest BCUT2D eigenvalue weighted by Crippen LogP contribution is -2.13. The zero-order valence-corrected chi connectivity index (χ0v) is 11.1. The van der Waals surface area contributed by atoms with Crippen molar-refractivity contribution >= 4 is 5.78 Å². The van der Waals surface area contributed by atoms with Gasteiger partial charge in [0.1, 0.15) is 17.3 Å². The molecule has 2 aromatic rings. The van der Waals surface area contributed by atoms with Crippen molar-refractivity contribution in [2.75, 3.05) is 13.2 Å². The fraction of sp³-hybridized carbons (Fsp3) is 0.188. The minimum atomic E-state index is -0.538. The maximum absolute atomic E-state index is 13.4. The molecule has 0 aliphatic rings. The average molecular weight is 274 g/mol. The van der Waals surface area contributed by atoms with E-state index in [0.717, 1.165) is 0 Å². The van der Waals surface area contributed by atoms with Crippen molar-refractivity contribution in [3.05, 3.63) is 59.9 Å². The van der Waals surface area contributed by atoms with Gasteiger partial charge in [0.15, 0.2) is 6.61 Å². The second-order valence-corrected chi connectivity index (χ2v) is 4.10. The second kappa shape index (κ2) is 6.70. The molecule has 4 heteroatoms. The number of hydrogen-bond donors (Lipinski definition) is 0. The van der Waals surface area contributed by atoms with Gasteiger partial charge in [0.25, 0.3) is 0 Å². The summed E-state index contributed by atoms with van der Waals surface area (Å²) >= 11 is 0. The quantitative estimate of drug-likeness (QED) is 0.756. The summed E-state index contributed by atoms with van der Waals surface area (Å²) in [4.78, 5) is 11.9. The Morgan fingerprint density at radius 2 is 1.75 bits per heavy atom. The molecule has 0 aliphatic carbocycles. The SMILES string of the molecule is CCOc1cccc(OCC(=O)c2ccccc2F)c1. The van der Waals surface area contributed by atoms with Crippen molar-refractivity contribution < 1.29 is 18.7 Å². The minimum absolute atomic E-state index is 0.0356. The van der Waals surface area contributed by atoms with Gasteiger partial charge in [-0.05, 0) is 31.2 Å². The molecule has 0 saturated heterocycles. The van der Waals surface area contributed by atoms with Crippen LogP contribution >= 0.6 is 0 Å². The van der Waals surface area contributed by atoms with Crippen molar-refractivity contribution in [2.45, 2.75) is 6.92 Å². The maximum Gasteiger partial charge on any atom is 0.203 e. The highest BCUT2D eigenvalue weighted by Crippen LogP contribution is 2.19. The molecule has 0 unspecified atom stereocenters. The van der Waals surface area contributed by atoms with Crippen LogP contribution < -0.4 is 9.47 Å². The Kier molecular flexibility index (Phi) is 4.71. The normalized spacial score (nSPS) is 10.1. The van der Waals surface area contributed by atoms with Crippen LogP contribution in [0.3, 0.4) is 0 Å². The summed E-state index contributed by atoms with van der Waals surface area (Å²) in [6.07, 6.45) is 0. The molecule has 0 heterocycles. The number of carbonyl (C=O) groups excluding carboxylic acids is 1. The van der Waals surface area contributed by atoms with E-state index in [1.807, 2.05) is 6.92 Å². The van der Waals surface area contributed by atoms with E-state index in [4.69, 9.17) is 9.47 Å². The summed E-state index contributed by atoms with van der Waals surface area (Å²) in [5.74, 6) is 0.248. The van der Waals surface area contributed by atoms with Crippen LogP contribution in [0.15, 0.2) is 48.5 Å². The van der Waals surface area contributed by atoms with Crippen LogP contribution in [0.2, 0.25) is 0 Å². The van der Waals surface area contributed by atoms with Crippen LogP contribution in [0.25, 0.3) is 0 Å². The van der Waals surface area contributed by atoms with Gasteiger partial charge in [0.05, 0.1) is 12.2 Å². The summed E-state index contributed by atoms with van der Waals surface area (Å²) in [6.45, 7) is 2.23. The highest BCUT2D eigenvalue weighted by molar-refractivity contribution is 5.97. The van der Waals surface area contributed by atoms with Gasteiger partial charge >= 0.3 is 0 Å². The van der Waals surface area contributed by atoms with E-state index < -0.39 is 11.6 Å². The molecule has 20 heavy (non-hydrogen) atoms. The lowest BCUT2D eigenvalue weighted by molar-refractivity contribution is 0.0917. The number of rotatable bonds is 6. The van der Waals surface area contributed by atoms with Gasteiger partial charge in [-0.25, -0.2) is 4.39 Å². The van der Waals surface area contributed by atoms with Crippen LogP contribution in [0, 0.1) is 5.82 Å². The van der Waals surface area contributed by atoms with Gasteiger partial charge in [-0.3, -0.25) is 4.79 Å². The van der Waals surface area contributed by atoms with Crippen LogP contribution in [-0.2, 0) is 0 Å². The lowest BCUT2D eigenvalue weighted by Gasteiger charge is -2.08. The van der Waals surface area contributed by atoms with E-state index in [1.165, 1.54) is 12.1 Å². The predicted octanol–water partition coefficient (Wildman–Crippen LogP) is 3.49. The highest BCUT2D eigenvalue weighted by Gasteiger charge is 2.11. The first-order valence-electron chi connectivity index (χ1n) is 6.34. The van der Waals surface area contributed by atoms with Gasteiger partial charge in [-0.2, -0.15) is 0 Å². The van der Waals surface area contributed by atoms with E-state index >= 15 is 0 Å². The van der Waals surface area contributed by atoms with Crippen molar-refractivity contribution in [1.29, 1.82) is 0 Å². The van der Waals surface area contributed by atoms with Gasteiger partial charge in [0.2, 0.25) is 5.78 Å². The Bertz CT molecular complexity index is 596. The summed E-state index contributed by atoms with van der Waals surface area (Å²) in [7, 11) is 0. The van der Waals surface area contributed by atoms with Crippen molar-refractivity contribution in [3.8, 4) is 11.5 Å². The van der Waals surface area contributed by atoms with E-state index in [0.29, 0.717) is 18.1 Å². The summed E-state index contributed by atoms with van der Waals surface area (Å²) < 4.78 is 24.1. The van der Waals surface area contributed by atoms with E-state index in [1.54, 1.807) is 36.4 Å². The number of ketones is 1. The van der Waals surface area contributed by atoms with Crippen molar-refractivity contribution in [1.82, 2.24) is 0 Å². The zero-order chi connectivity index (χ0) is 14.4. The molecule has 0 aliphatic heterocycles. The molecule has 3 nitrogen and oxygen atoms in total. The van der Waals surface area contributed by atoms with Crippen LogP contribution in [0.4, 0.5) is 4.39 Å². The molecule has 0 spiro atoms. The lowest BCUT2D eigenvalue weighted by atomic mass is 10.1. The van der Waals surface area contributed by atoms with Crippen molar-refractivity contribution in [2.24, 2.45) is 0 Å². The Labute approximate surface area is 117 Å². The second-order valence-electron chi connectivity index (χ2n) is 4.10. The molecular weight excluding hydrogens is 259 g/mol. The van der Waals surface area contributed by atoms with E-state index in [-0.39, 0.29) is 12.2 Å². The number of halogens is 1.